The highest BCUT2D eigenvalue weighted by molar-refractivity contribution is 9.10. The second kappa shape index (κ2) is 2.99. The van der Waals surface area contributed by atoms with Crippen LogP contribution in [0.2, 0.25) is 0 Å². The van der Waals surface area contributed by atoms with Crippen LogP contribution in [0.3, 0.4) is 0 Å². The van der Waals surface area contributed by atoms with E-state index in [2.05, 4.69) is 22.0 Å². The first kappa shape index (κ1) is 10.0. The minimum absolute atomic E-state index is 0.195. The average molecular weight is 264 g/mol. The molecular formula is C10H7BrF3. The van der Waals surface area contributed by atoms with Crippen LogP contribution in [-0.2, 0) is 5.41 Å². The lowest BCUT2D eigenvalue weighted by molar-refractivity contribution is -0.160. The lowest BCUT2D eigenvalue weighted by Gasteiger charge is -2.19. The number of hydrogen-bond donors (Lipinski definition) is 0. The molecule has 0 bridgehead atoms. The Bertz CT molecular complexity index is 353. The molecule has 0 nitrogen and oxygen atoms in total. The molecule has 1 aromatic carbocycles. The van der Waals surface area contributed by atoms with E-state index >= 15 is 0 Å². The van der Waals surface area contributed by atoms with Gasteiger partial charge in [0.25, 0.3) is 0 Å². The van der Waals surface area contributed by atoms with E-state index in [1.165, 1.54) is 12.1 Å². The Kier molecular flexibility index (Phi) is 2.14. The minimum atomic E-state index is -4.14. The molecule has 0 N–H and O–H groups in total. The van der Waals surface area contributed by atoms with Crippen molar-refractivity contribution in [3.8, 4) is 0 Å². The highest BCUT2D eigenvalue weighted by Crippen LogP contribution is 2.58. The molecule has 2 rings (SSSR count). The Morgan fingerprint density at radius 3 is 2.36 bits per heavy atom. The Morgan fingerprint density at radius 2 is 1.93 bits per heavy atom. The van der Waals surface area contributed by atoms with Crippen LogP contribution in [0.15, 0.2) is 22.7 Å². The number of hydrogen-bond acceptors (Lipinski definition) is 0. The fraction of sp³-hybridized carbons (Fsp3) is 0.400. The summed E-state index contributed by atoms with van der Waals surface area (Å²) in [6, 6.07) is 7.25. The van der Waals surface area contributed by atoms with E-state index in [0.29, 0.717) is 10.0 Å². The van der Waals surface area contributed by atoms with Crippen LogP contribution < -0.4 is 0 Å². The molecule has 0 amide bonds. The summed E-state index contributed by atoms with van der Waals surface area (Å²) in [5.74, 6) is 0. The van der Waals surface area contributed by atoms with Crippen LogP contribution in [0.25, 0.3) is 0 Å². The largest absolute Gasteiger partial charge is 0.398 e. The quantitative estimate of drug-likeness (QED) is 0.722. The maximum atomic E-state index is 12.7. The summed E-state index contributed by atoms with van der Waals surface area (Å²) in [6.07, 6.45) is -3.75. The predicted octanol–water partition coefficient (Wildman–Crippen LogP) is 3.84. The summed E-state index contributed by atoms with van der Waals surface area (Å²) in [5, 5.41) is 0. The minimum Gasteiger partial charge on any atom is -0.170 e. The van der Waals surface area contributed by atoms with Gasteiger partial charge >= 0.3 is 6.18 Å². The third-order valence-corrected chi connectivity index (χ3v) is 3.06. The Morgan fingerprint density at radius 1 is 1.29 bits per heavy atom. The molecular weight excluding hydrogens is 257 g/mol. The third-order valence-electron chi connectivity index (χ3n) is 2.60. The molecule has 0 aliphatic heterocycles. The third kappa shape index (κ3) is 1.45. The lowest BCUT2D eigenvalue weighted by Crippen LogP contribution is -2.28. The van der Waals surface area contributed by atoms with Crippen molar-refractivity contribution in [2.45, 2.75) is 24.4 Å². The summed E-state index contributed by atoms with van der Waals surface area (Å²) >= 11 is 3.15. The van der Waals surface area contributed by atoms with Crippen molar-refractivity contribution in [1.82, 2.24) is 0 Å². The molecule has 0 saturated heterocycles. The number of rotatable bonds is 1. The molecule has 1 aliphatic carbocycles. The molecule has 0 atom stereocenters. The standard InChI is InChI=1S/C10H7BrF3/c11-8-3-1-2-7(6-8)9(4-5-9)10(12,13)14/h2-3,6H,4-5H2. The van der Waals surface area contributed by atoms with E-state index in [1.54, 1.807) is 6.07 Å². The van der Waals surface area contributed by atoms with Gasteiger partial charge in [-0.2, -0.15) is 13.2 Å². The molecule has 0 aromatic heterocycles. The van der Waals surface area contributed by atoms with Crippen LogP contribution in [-0.4, -0.2) is 6.18 Å². The maximum absolute atomic E-state index is 12.7. The lowest BCUT2D eigenvalue weighted by atomic mass is 9.96. The van der Waals surface area contributed by atoms with Gasteiger partial charge in [0, 0.05) is 4.47 Å². The van der Waals surface area contributed by atoms with Crippen LogP contribution in [0.4, 0.5) is 13.2 Å². The molecule has 1 fully saturated rings. The highest BCUT2D eigenvalue weighted by Gasteiger charge is 2.64. The topological polar surface area (TPSA) is 0 Å². The summed E-state index contributed by atoms with van der Waals surface area (Å²) < 4.78 is 38.7. The number of benzene rings is 1. The van der Waals surface area contributed by atoms with Gasteiger partial charge in [0.15, 0.2) is 0 Å². The summed E-state index contributed by atoms with van der Waals surface area (Å²) in [6.45, 7) is 0. The second-order valence-corrected chi connectivity index (χ2v) is 4.44. The zero-order valence-corrected chi connectivity index (χ0v) is 8.74. The van der Waals surface area contributed by atoms with Crippen LogP contribution in [0.5, 0.6) is 0 Å². The van der Waals surface area contributed by atoms with Gasteiger partial charge in [-0.05, 0) is 36.6 Å². The Labute approximate surface area is 88.2 Å². The SMILES string of the molecule is FC(F)(F)C1(c2c[c]cc(Br)c2)CC1. The fourth-order valence-corrected chi connectivity index (χ4v) is 1.96. The molecule has 0 spiro atoms. The van der Waals surface area contributed by atoms with Gasteiger partial charge < -0.3 is 0 Å². The molecule has 1 aromatic rings. The van der Waals surface area contributed by atoms with Gasteiger partial charge in [-0.15, -0.1) is 0 Å². The first-order valence-corrected chi connectivity index (χ1v) is 4.99. The predicted molar refractivity (Wildman–Crippen MR) is 49.9 cm³/mol. The molecule has 1 saturated carbocycles. The maximum Gasteiger partial charge on any atom is 0.398 e. The molecule has 75 valence electrons. The first-order valence-electron chi connectivity index (χ1n) is 4.20. The van der Waals surface area contributed by atoms with E-state index < -0.39 is 11.6 Å². The van der Waals surface area contributed by atoms with Gasteiger partial charge in [-0.3, -0.25) is 0 Å². The van der Waals surface area contributed by atoms with E-state index in [-0.39, 0.29) is 12.8 Å². The van der Waals surface area contributed by atoms with Crippen molar-refractivity contribution >= 4 is 15.9 Å². The van der Waals surface area contributed by atoms with E-state index in [0.717, 1.165) is 0 Å². The normalized spacial score (nSPS) is 19.4. The Balaban J connectivity index is 2.41. The van der Waals surface area contributed by atoms with Gasteiger partial charge in [0.2, 0.25) is 0 Å². The van der Waals surface area contributed by atoms with Crippen molar-refractivity contribution in [2.24, 2.45) is 0 Å². The molecule has 14 heavy (non-hydrogen) atoms. The van der Waals surface area contributed by atoms with Gasteiger partial charge in [-0.1, -0.05) is 22.0 Å². The van der Waals surface area contributed by atoms with E-state index in [1.807, 2.05) is 0 Å². The van der Waals surface area contributed by atoms with Crippen molar-refractivity contribution in [2.75, 3.05) is 0 Å². The Hall–Kier alpha value is -0.510. The zero-order chi connectivity index (χ0) is 10.4. The van der Waals surface area contributed by atoms with Crippen LogP contribution in [0, 0.1) is 6.07 Å². The van der Waals surface area contributed by atoms with E-state index in [4.69, 9.17) is 0 Å². The zero-order valence-electron chi connectivity index (χ0n) is 7.16. The average Bonchev–Trinajstić information content (AvgIpc) is 2.82. The number of alkyl halides is 3. The van der Waals surface area contributed by atoms with Crippen molar-refractivity contribution in [3.05, 3.63) is 34.3 Å². The molecule has 0 unspecified atom stereocenters. The fourth-order valence-electron chi connectivity index (χ4n) is 1.58. The summed E-state index contributed by atoms with van der Waals surface area (Å²) in [7, 11) is 0. The molecule has 0 heterocycles. The number of halogens is 4. The smallest absolute Gasteiger partial charge is 0.170 e. The molecule has 4 heteroatoms. The van der Waals surface area contributed by atoms with Crippen LogP contribution in [0.1, 0.15) is 18.4 Å². The molecule has 1 aliphatic rings. The van der Waals surface area contributed by atoms with Crippen molar-refractivity contribution in [3.63, 3.8) is 0 Å². The van der Waals surface area contributed by atoms with Crippen LogP contribution >= 0.6 is 15.9 Å². The van der Waals surface area contributed by atoms with Gasteiger partial charge in [0.1, 0.15) is 0 Å². The van der Waals surface area contributed by atoms with Gasteiger partial charge in [0.05, 0.1) is 5.41 Å². The van der Waals surface area contributed by atoms with E-state index in [9.17, 15) is 13.2 Å². The summed E-state index contributed by atoms with van der Waals surface area (Å²) in [4.78, 5) is 0. The van der Waals surface area contributed by atoms with Crippen molar-refractivity contribution < 1.29 is 13.2 Å². The second-order valence-electron chi connectivity index (χ2n) is 3.52. The monoisotopic (exact) mass is 263 g/mol. The first-order chi connectivity index (χ1) is 6.46. The summed E-state index contributed by atoms with van der Waals surface area (Å²) in [5.41, 5.74) is -1.27. The molecule has 1 radical (unpaired) electrons. The highest BCUT2D eigenvalue weighted by atomic mass is 79.9. The van der Waals surface area contributed by atoms with Gasteiger partial charge in [-0.25, -0.2) is 0 Å². The van der Waals surface area contributed by atoms with Crippen molar-refractivity contribution in [1.29, 1.82) is 0 Å².